The molecule has 0 aromatic carbocycles. The molecule has 1 aromatic heterocycles. The van der Waals surface area contributed by atoms with E-state index in [1.165, 1.54) is 6.42 Å². The first kappa shape index (κ1) is 14.1. The van der Waals surface area contributed by atoms with Gasteiger partial charge in [-0.2, -0.15) is 5.10 Å². The van der Waals surface area contributed by atoms with Crippen molar-refractivity contribution in [3.8, 4) is 0 Å². The van der Waals surface area contributed by atoms with Gasteiger partial charge in [0, 0.05) is 25.8 Å². The van der Waals surface area contributed by atoms with Crippen LogP contribution in [-0.4, -0.2) is 47.3 Å². The lowest BCUT2D eigenvalue weighted by molar-refractivity contribution is 0.0680. The van der Waals surface area contributed by atoms with E-state index in [2.05, 4.69) is 10.4 Å². The Labute approximate surface area is 115 Å². The topological polar surface area (TPSA) is 50.2 Å². The van der Waals surface area contributed by atoms with Crippen LogP contribution in [0.1, 0.15) is 35.4 Å². The third kappa shape index (κ3) is 3.35. The number of nitrogens with one attached hydrogen (secondary N) is 1. The molecule has 1 aliphatic heterocycles. The van der Waals surface area contributed by atoms with Gasteiger partial charge in [-0.15, -0.1) is 0 Å². The van der Waals surface area contributed by atoms with Crippen molar-refractivity contribution in [1.29, 1.82) is 0 Å². The van der Waals surface area contributed by atoms with Crippen LogP contribution in [0.5, 0.6) is 0 Å². The van der Waals surface area contributed by atoms with Gasteiger partial charge < -0.3 is 10.2 Å². The van der Waals surface area contributed by atoms with Gasteiger partial charge in [-0.3, -0.25) is 9.48 Å². The maximum Gasteiger partial charge on any atom is 0.274 e. The number of piperidine rings is 1. The molecule has 1 fully saturated rings. The van der Waals surface area contributed by atoms with Gasteiger partial charge in [-0.1, -0.05) is 0 Å². The lowest BCUT2D eigenvalue weighted by atomic mass is 9.93. The number of aryl methyl sites for hydroxylation is 2. The molecule has 0 spiro atoms. The molecule has 19 heavy (non-hydrogen) atoms. The van der Waals surface area contributed by atoms with Crippen molar-refractivity contribution < 1.29 is 4.79 Å². The highest BCUT2D eigenvalue weighted by atomic mass is 16.2. The molecule has 5 heteroatoms. The highest BCUT2D eigenvalue weighted by Gasteiger charge is 2.24. The standard InChI is InChI=1S/C14H24N4O/c1-11-10-13(16-17(11)3)14(19)18-8-5-12(6-9-18)4-7-15-2/h10,12,15H,4-9H2,1-3H3. The molecule has 0 saturated carbocycles. The fourth-order valence-electron chi connectivity index (χ4n) is 2.60. The molecule has 2 rings (SSSR count). The van der Waals surface area contributed by atoms with Crippen LogP contribution in [0.2, 0.25) is 0 Å². The molecular formula is C14H24N4O. The number of aromatic nitrogens is 2. The highest BCUT2D eigenvalue weighted by Crippen LogP contribution is 2.21. The predicted molar refractivity (Wildman–Crippen MR) is 75.1 cm³/mol. The second-order valence-electron chi connectivity index (χ2n) is 5.42. The normalized spacial score (nSPS) is 16.9. The third-order valence-electron chi connectivity index (χ3n) is 4.04. The zero-order chi connectivity index (χ0) is 13.8. The summed E-state index contributed by atoms with van der Waals surface area (Å²) in [5.74, 6) is 0.831. The monoisotopic (exact) mass is 264 g/mol. The van der Waals surface area contributed by atoms with E-state index in [9.17, 15) is 4.79 Å². The van der Waals surface area contributed by atoms with Crippen molar-refractivity contribution in [3.05, 3.63) is 17.5 Å². The van der Waals surface area contributed by atoms with Crippen LogP contribution in [0.3, 0.4) is 0 Å². The van der Waals surface area contributed by atoms with Gasteiger partial charge in [0.2, 0.25) is 0 Å². The smallest absolute Gasteiger partial charge is 0.274 e. The fourth-order valence-corrected chi connectivity index (χ4v) is 2.60. The average molecular weight is 264 g/mol. The van der Waals surface area contributed by atoms with Crippen molar-refractivity contribution in [2.45, 2.75) is 26.2 Å². The van der Waals surface area contributed by atoms with Crippen molar-refractivity contribution >= 4 is 5.91 Å². The van der Waals surface area contributed by atoms with Gasteiger partial charge in [-0.05, 0) is 51.8 Å². The maximum atomic E-state index is 12.3. The molecule has 106 valence electrons. The Hall–Kier alpha value is -1.36. The minimum absolute atomic E-state index is 0.0794. The van der Waals surface area contributed by atoms with Gasteiger partial charge in [0.1, 0.15) is 0 Å². The third-order valence-corrected chi connectivity index (χ3v) is 4.04. The number of hydrogen-bond donors (Lipinski definition) is 1. The summed E-state index contributed by atoms with van der Waals surface area (Å²) in [6.07, 6.45) is 3.43. The number of nitrogens with zero attached hydrogens (tertiary/aromatic N) is 3. The molecule has 5 nitrogen and oxygen atoms in total. The maximum absolute atomic E-state index is 12.3. The summed E-state index contributed by atoms with van der Waals surface area (Å²) >= 11 is 0. The van der Waals surface area contributed by atoms with Crippen LogP contribution < -0.4 is 5.32 Å². The molecule has 1 amide bonds. The summed E-state index contributed by atoms with van der Waals surface area (Å²) < 4.78 is 1.76. The van der Waals surface area contributed by atoms with Crippen molar-refractivity contribution in [3.63, 3.8) is 0 Å². The van der Waals surface area contributed by atoms with E-state index in [0.29, 0.717) is 5.69 Å². The van der Waals surface area contributed by atoms with Crippen LogP contribution in [0, 0.1) is 12.8 Å². The Kier molecular flexibility index (Phi) is 4.58. The van der Waals surface area contributed by atoms with E-state index in [1.807, 2.05) is 32.0 Å². The lowest BCUT2D eigenvalue weighted by Crippen LogP contribution is -2.39. The van der Waals surface area contributed by atoms with Gasteiger partial charge in [0.15, 0.2) is 5.69 Å². The molecule has 1 aromatic rings. The van der Waals surface area contributed by atoms with Crippen molar-refractivity contribution in [2.24, 2.45) is 13.0 Å². The molecule has 1 aliphatic rings. The first-order valence-electron chi connectivity index (χ1n) is 7.06. The lowest BCUT2D eigenvalue weighted by Gasteiger charge is -2.31. The van der Waals surface area contributed by atoms with Crippen LogP contribution in [-0.2, 0) is 7.05 Å². The van der Waals surface area contributed by atoms with Gasteiger partial charge >= 0.3 is 0 Å². The molecule has 0 unspecified atom stereocenters. The Bertz CT molecular complexity index is 413. The van der Waals surface area contributed by atoms with Crippen molar-refractivity contribution in [1.82, 2.24) is 20.0 Å². The van der Waals surface area contributed by atoms with Gasteiger partial charge in [0.05, 0.1) is 0 Å². The predicted octanol–water partition coefficient (Wildman–Crippen LogP) is 1.19. The first-order valence-corrected chi connectivity index (χ1v) is 7.06. The number of amides is 1. The summed E-state index contributed by atoms with van der Waals surface area (Å²) in [4.78, 5) is 14.3. The Morgan fingerprint density at radius 3 is 2.68 bits per heavy atom. The second-order valence-corrected chi connectivity index (χ2v) is 5.42. The van der Waals surface area contributed by atoms with Crippen LogP contribution in [0.25, 0.3) is 0 Å². The van der Waals surface area contributed by atoms with E-state index >= 15 is 0 Å². The number of carbonyl (C=O) groups is 1. The molecule has 0 radical (unpaired) electrons. The zero-order valence-electron chi connectivity index (χ0n) is 12.1. The summed E-state index contributed by atoms with van der Waals surface area (Å²) in [6.45, 7) is 4.76. The second kappa shape index (κ2) is 6.19. The Morgan fingerprint density at radius 1 is 1.47 bits per heavy atom. The minimum Gasteiger partial charge on any atom is -0.337 e. The fraction of sp³-hybridized carbons (Fsp3) is 0.714. The number of likely N-dealkylation sites (tertiary alicyclic amines) is 1. The van der Waals surface area contributed by atoms with E-state index in [0.717, 1.165) is 44.1 Å². The summed E-state index contributed by atoms with van der Waals surface area (Å²) in [6, 6.07) is 1.87. The number of carbonyl (C=O) groups excluding carboxylic acids is 1. The summed E-state index contributed by atoms with van der Waals surface area (Å²) in [5.41, 5.74) is 1.60. The zero-order valence-corrected chi connectivity index (χ0v) is 12.1. The number of hydrogen-bond acceptors (Lipinski definition) is 3. The SMILES string of the molecule is CNCCC1CCN(C(=O)c2cc(C)n(C)n2)CC1. The van der Waals surface area contributed by atoms with Crippen LogP contribution in [0.15, 0.2) is 6.07 Å². The molecule has 0 bridgehead atoms. The summed E-state index contributed by atoms with van der Waals surface area (Å²) in [5, 5.41) is 7.46. The van der Waals surface area contributed by atoms with Crippen LogP contribution >= 0.6 is 0 Å². The minimum atomic E-state index is 0.0794. The highest BCUT2D eigenvalue weighted by molar-refractivity contribution is 5.92. The number of rotatable bonds is 4. The average Bonchev–Trinajstić information content (AvgIpc) is 2.76. The first-order chi connectivity index (χ1) is 9.11. The van der Waals surface area contributed by atoms with Gasteiger partial charge in [0.25, 0.3) is 5.91 Å². The molecule has 1 saturated heterocycles. The molecule has 2 heterocycles. The molecular weight excluding hydrogens is 240 g/mol. The van der Waals surface area contributed by atoms with E-state index < -0.39 is 0 Å². The Morgan fingerprint density at radius 2 is 2.16 bits per heavy atom. The van der Waals surface area contributed by atoms with Crippen LogP contribution in [0.4, 0.5) is 0 Å². The molecule has 1 N–H and O–H groups in total. The Balaban J connectivity index is 1.89. The quantitative estimate of drug-likeness (QED) is 0.888. The largest absolute Gasteiger partial charge is 0.337 e. The van der Waals surface area contributed by atoms with E-state index in [-0.39, 0.29) is 5.91 Å². The van der Waals surface area contributed by atoms with Gasteiger partial charge in [-0.25, -0.2) is 0 Å². The van der Waals surface area contributed by atoms with E-state index in [4.69, 9.17) is 0 Å². The molecule has 0 aliphatic carbocycles. The molecule has 0 atom stereocenters. The van der Waals surface area contributed by atoms with E-state index in [1.54, 1.807) is 4.68 Å². The van der Waals surface area contributed by atoms with Crippen molar-refractivity contribution in [2.75, 3.05) is 26.7 Å². The summed E-state index contributed by atoms with van der Waals surface area (Å²) in [7, 11) is 3.86.